The second-order valence-corrected chi connectivity index (χ2v) is 2.91. The van der Waals surface area contributed by atoms with Gasteiger partial charge in [-0.3, -0.25) is 10.1 Å². The molecular weight excluding hydrogens is 243 g/mol. The van der Waals surface area contributed by atoms with E-state index in [1.54, 1.807) is 0 Å². The van der Waals surface area contributed by atoms with E-state index >= 15 is 0 Å². The molecule has 13 heavy (non-hydrogen) atoms. The molecule has 0 unspecified atom stereocenters. The number of nitrogens with two attached hydrogens (primary N) is 1. The van der Waals surface area contributed by atoms with Gasteiger partial charge in [0.05, 0.1) is 4.92 Å². The highest BCUT2D eigenvalue weighted by molar-refractivity contribution is 9.08. The highest BCUT2D eigenvalue weighted by Gasteiger charge is 2.17. The number of nitro benzene ring substituents is 1. The summed E-state index contributed by atoms with van der Waals surface area (Å²) in [6.45, 7) is 0. The van der Waals surface area contributed by atoms with E-state index in [1.165, 1.54) is 0 Å². The van der Waals surface area contributed by atoms with E-state index in [9.17, 15) is 14.5 Å². The Balaban J connectivity index is 3.35. The van der Waals surface area contributed by atoms with E-state index in [2.05, 4.69) is 15.9 Å². The zero-order valence-electron chi connectivity index (χ0n) is 6.46. The van der Waals surface area contributed by atoms with Crippen LogP contribution in [0.1, 0.15) is 5.56 Å². The number of benzene rings is 1. The fourth-order valence-electron chi connectivity index (χ4n) is 0.921. The molecule has 0 saturated heterocycles. The van der Waals surface area contributed by atoms with Crippen molar-refractivity contribution in [3.05, 3.63) is 33.6 Å². The Morgan fingerprint density at radius 3 is 2.69 bits per heavy atom. The fourth-order valence-corrected chi connectivity index (χ4v) is 1.49. The smallest absolute Gasteiger partial charge is 0.292 e. The minimum atomic E-state index is -0.638. The first kappa shape index (κ1) is 9.91. The van der Waals surface area contributed by atoms with Crippen LogP contribution in [0.4, 0.5) is 15.8 Å². The van der Waals surface area contributed by atoms with Crippen LogP contribution in [0.3, 0.4) is 0 Å². The number of anilines is 1. The van der Waals surface area contributed by atoms with Crippen molar-refractivity contribution in [2.24, 2.45) is 0 Å². The number of nitrogens with zero attached hydrogens (tertiary/aromatic N) is 1. The predicted octanol–water partition coefficient (Wildman–Crippen LogP) is 2.21. The monoisotopic (exact) mass is 248 g/mol. The maximum absolute atomic E-state index is 13.0. The first-order chi connectivity index (χ1) is 6.07. The number of alkyl halides is 1. The van der Waals surface area contributed by atoms with Crippen molar-refractivity contribution in [1.82, 2.24) is 0 Å². The summed E-state index contributed by atoms with van der Waals surface area (Å²) in [5.74, 6) is -0.542. The van der Waals surface area contributed by atoms with Crippen molar-refractivity contribution >= 4 is 27.3 Å². The van der Waals surface area contributed by atoms with Gasteiger partial charge in [-0.05, 0) is 6.07 Å². The summed E-state index contributed by atoms with van der Waals surface area (Å²) in [5, 5.41) is 10.5. The van der Waals surface area contributed by atoms with Gasteiger partial charge in [0.25, 0.3) is 5.69 Å². The minimum absolute atomic E-state index is 0.120. The number of halogens is 2. The predicted molar refractivity (Wildman–Crippen MR) is 50.1 cm³/mol. The molecule has 0 saturated carbocycles. The topological polar surface area (TPSA) is 69.2 Å². The molecule has 1 aromatic rings. The van der Waals surface area contributed by atoms with Gasteiger partial charge >= 0.3 is 0 Å². The molecule has 0 aliphatic carbocycles. The van der Waals surface area contributed by atoms with Crippen LogP contribution >= 0.6 is 15.9 Å². The van der Waals surface area contributed by atoms with E-state index in [1.807, 2.05) is 0 Å². The van der Waals surface area contributed by atoms with E-state index in [-0.39, 0.29) is 22.3 Å². The molecule has 70 valence electrons. The third-order valence-corrected chi connectivity index (χ3v) is 2.17. The van der Waals surface area contributed by atoms with E-state index in [4.69, 9.17) is 5.73 Å². The van der Waals surface area contributed by atoms with E-state index in [0.29, 0.717) is 0 Å². The maximum atomic E-state index is 13.0. The highest BCUT2D eigenvalue weighted by atomic mass is 79.9. The molecule has 0 aliphatic heterocycles. The summed E-state index contributed by atoms with van der Waals surface area (Å²) in [6, 6.07) is 2.09. The lowest BCUT2D eigenvalue weighted by atomic mass is 10.1. The molecule has 0 spiro atoms. The molecule has 0 atom stereocenters. The van der Waals surface area contributed by atoms with Crippen LogP contribution in [0.25, 0.3) is 0 Å². The van der Waals surface area contributed by atoms with Crippen molar-refractivity contribution in [2.45, 2.75) is 5.33 Å². The molecule has 6 heteroatoms. The molecule has 0 heterocycles. The second kappa shape index (κ2) is 3.69. The van der Waals surface area contributed by atoms with Crippen LogP contribution in [-0.4, -0.2) is 4.92 Å². The molecule has 0 bridgehead atoms. The molecule has 0 radical (unpaired) electrons. The Morgan fingerprint density at radius 1 is 1.62 bits per heavy atom. The second-order valence-electron chi connectivity index (χ2n) is 2.35. The molecule has 0 fully saturated rings. The number of hydrogen-bond donors (Lipinski definition) is 1. The zero-order chi connectivity index (χ0) is 10.0. The van der Waals surface area contributed by atoms with Gasteiger partial charge in [0.15, 0.2) is 0 Å². The average Bonchev–Trinajstić information content (AvgIpc) is 2.04. The average molecular weight is 249 g/mol. The van der Waals surface area contributed by atoms with Crippen molar-refractivity contribution < 1.29 is 9.31 Å². The lowest BCUT2D eigenvalue weighted by Crippen LogP contribution is -2.01. The van der Waals surface area contributed by atoms with Crippen LogP contribution in [0.5, 0.6) is 0 Å². The van der Waals surface area contributed by atoms with Gasteiger partial charge in [0.1, 0.15) is 11.5 Å². The molecular formula is C7H6BrFN2O2. The Bertz CT molecular complexity index is 357. The summed E-state index contributed by atoms with van der Waals surface area (Å²) in [6.07, 6.45) is 0. The van der Waals surface area contributed by atoms with Gasteiger partial charge in [-0.1, -0.05) is 15.9 Å². The van der Waals surface area contributed by atoms with Gasteiger partial charge in [-0.2, -0.15) is 0 Å². The van der Waals surface area contributed by atoms with Crippen LogP contribution in [0, 0.1) is 15.9 Å². The zero-order valence-corrected chi connectivity index (χ0v) is 8.04. The van der Waals surface area contributed by atoms with Crippen LogP contribution in [0.15, 0.2) is 12.1 Å². The van der Waals surface area contributed by atoms with Crippen molar-refractivity contribution in [3.8, 4) is 0 Å². The van der Waals surface area contributed by atoms with Crippen molar-refractivity contribution in [2.75, 3.05) is 5.73 Å². The highest BCUT2D eigenvalue weighted by Crippen LogP contribution is 2.28. The van der Waals surface area contributed by atoms with Crippen molar-refractivity contribution in [1.29, 1.82) is 0 Å². The number of nitrogen functional groups attached to an aromatic ring is 1. The number of hydrogen-bond acceptors (Lipinski definition) is 3. The lowest BCUT2D eigenvalue weighted by molar-refractivity contribution is -0.384. The molecule has 2 N–H and O–H groups in total. The normalized spacial score (nSPS) is 10.0. The van der Waals surface area contributed by atoms with Gasteiger partial charge < -0.3 is 5.73 Å². The van der Waals surface area contributed by atoms with Gasteiger partial charge in [-0.15, -0.1) is 0 Å². The first-order valence-corrected chi connectivity index (χ1v) is 4.47. The van der Waals surface area contributed by atoms with E-state index < -0.39 is 10.7 Å². The Kier molecular flexibility index (Phi) is 2.82. The number of rotatable bonds is 2. The van der Waals surface area contributed by atoms with E-state index in [0.717, 1.165) is 12.1 Å². The van der Waals surface area contributed by atoms with Gasteiger partial charge in [0.2, 0.25) is 0 Å². The van der Waals surface area contributed by atoms with Crippen LogP contribution in [0.2, 0.25) is 0 Å². The molecule has 1 rings (SSSR count). The largest absolute Gasteiger partial charge is 0.393 e. The fraction of sp³-hybridized carbons (Fsp3) is 0.143. The standard InChI is InChI=1S/C7H6BrFN2O2/c8-3-4-5(9)1-2-6(7(4)10)11(12)13/h1-2H,3,10H2. The Morgan fingerprint density at radius 2 is 2.23 bits per heavy atom. The SMILES string of the molecule is Nc1c([N+](=O)[O-])ccc(F)c1CBr. The minimum Gasteiger partial charge on any atom is -0.393 e. The van der Waals surface area contributed by atoms with Crippen molar-refractivity contribution in [3.63, 3.8) is 0 Å². The quantitative estimate of drug-likeness (QED) is 0.378. The summed E-state index contributed by atoms with van der Waals surface area (Å²) >= 11 is 3.00. The molecule has 0 aromatic heterocycles. The first-order valence-electron chi connectivity index (χ1n) is 3.35. The third-order valence-electron chi connectivity index (χ3n) is 1.61. The molecule has 1 aromatic carbocycles. The summed E-state index contributed by atoms with van der Waals surface area (Å²) in [5.41, 5.74) is 5.11. The van der Waals surface area contributed by atoms with Gasteiger partial charge in [-0.25, -0.2) is 4.39 Å². The summed E-state index contributed by atoms with van der Waals surface area (Å²) in [7, 11) is 0. The third kappa shape index (κ3) is 1.77. The van der Waals surface area contributed by atoms with Gasteiger partial charge in [0, 0.05) is 17.0 Å². The Hall–Kier alpha value is -1.17. The molecule has 0 amide bonds. The molecule has 0 aliphatic rings. The molecule has 4 nitrogen and oxygen atoms in total. The van der Waals surface area contributed by atoms with Crippen LogP contribution in [-0.2, 0) is 5.33 Å². The summed E-state index contributed by atoms with van der Waals surface area (Å²) in [4.78, 5) is 9.75. The summed E-state index contributed by atoms with van der Waals surface area (Å²) < 4.78 is 13.0. The Labute approximate surface area is 81.8 Å². The van der Waals surface area contributed by atoms with Crippen LogP contribution < -0.4 is 5.73 Å². The maximum Gasteiger partial charge on any atom is 0.292 e. The lowest BCUT2D eigenvalue weighted by Gasteiger charge is -2.03. The number of nitro groups is 1.